The van der Waals surface area contributed by atoms with Crippen LogP contribution < -0.4 is 0 Å². The Morgan fingerprint density at radius 3 is 1.18 bits per heavy atom. The number of aliphatic hydroxyl groups excluding tert-OH is 1. The van der Waals surface area contributed by atoms with Crippen molar-refractivity contribution in [1.82, 2.24) is 0 Å². The zero-order valence-electron chi connectivity index (χ0n) is 15.9. The minimum atomic E-state index is -0.707. The van der Waals surface area contributed by atoms with Gasteiger partial charge in [-0.2, -0.15) is 0 Å². The molecule has 134 valence electrons. The number of rotatable bonds is 17. The van der Waals surface area contributed by atoms with Crippen LogP contribution in [0.3, 0.4) is 0 Å². The van der Waals surface area contributed by atoms with Gasteiger partial charge in [0, 0.05) is 13.9 Å². The third-order valence-corrected chi connectivity index (χ3v) is 10.1. The molecule has 0 radical (unpaired) electrons. The zero-order valence-corrected chi connectivity index (χ0v) is 16.8. The molecule has 0 heterocycles. The van der Waals surface area contributed by atoms with E-state index in [2.05, 4.69) is 20.8 Å². The average molecular weight is 332 g/mol. The zero-order chi connectivity index (χ0) is 16.5. The van der Waals surface area contributed by atoms with Gasteiger partial charge in [-0.3, -0.25) is 0 Å². The van der Waals surface area contributed by atoms with Crippen molar-refractivity contribution in [1.29, 1.82) is 0 Å². The van der Waals surface area contributed by atoms with Crippen LogP contribution in [0, 0.1) is 0 Å². The first-order chi connectivity index (χ1) is 10.7. The summed E-state index contributed by atoms with van der Waals surface area (Å²) in [7, 11) is -0.707. The van der Waals surface area contributed by atoms with Gasteiger partial charge in [-0.1, -0.05) is 59.3 Å². The van der Waals surface area contributed by atoms with Crippen LogP contribution in [-0.4, -0.2) is 36.4 Å². The highest BCUT2D eigenvalue weighted by Crippen LogP contribution is 2.61. The lowest BCUT2D eigenvalue weighted by Gasteiger charge is -2.28. The van der Waals surface area contributed by atoms with Gasteiger partial charge in [0.25, 0.3) is 0 Å². The normalized spacial score (nSPS) is 12.0. The van der Waals surface area contributed by atoms with Crippen molar-refractivity contribution in [3.8, 4) is 0 Å². The van der Waals surface area contributed by atoms with Gasteiger partial charge < -0.3 is 5.11 Å². The summed E-state index contributed by atoms with van der Waals surface area (Å²) < 4.78 is 0. The molecule has 0 saturated carbocycles. The maximum Gasteiger partial charge on any atom is 0.0594 e. The van der Waals surface area contributed by atoms with Crippen molar-refractivity contribution in [3.63, 3.8) is 0 Å². The predicted molar refractivity (Wildman–Crippen MR) is 106 cm³/mol. The fourth-order valence-electron chi connectivity index (χ4n) is 3.50. The molecule has 0 aliphatic heterocycles. The number of unbranched alkanes of at least 4 members (excludes halogenated alkanes) is 8. The second-order valence-corrected chi connectivity index (χ2v) is 11.6. The average Bonchev–Trinajstić information content (AvgIpc) is 2.52. The van der Waals surface area contributed by atoms with Crippen LogP contribution in [0.25, 0.3) is 0 Å². The number of aliphatic hydroxyl groups is 1. The van der Waals surface area contributed by atoms with E-state index >= 15 is 0 Å². The van der Waals surface area contributed by atoms with Crippen LogP contribution in [0.2, 0.25) is 0 Å². The Hall–Kier alpha value is 0.390. The maximum absolute atomic E-state index is 9.02. The Balaban J connectivity index is 4.53. The first-order valence-corrected chi connectivity index (χ1v) is 12.7. The van der Waals surface area contributed by atoms with E-state index < -0.39 is 7.26 Å². The lowest BCUT2D eigenvalue weighted by molar-refractivity contribution is 0.284. The van der Waals surface area contributed by atoms with Gasteiger partial charge in [0.1, 0.15) is 0 Å². The summed E-state index contributed by atoms with van der Waals surface area (Å²) in [6.07, 6.45) is 22.6. The molecule has 0 unspecified atom stereocenters. The number of hydrogen-bond acceptors (Lipinski definition) is 1. The summed E-state index contributed by atoms with van der Waals surface area (Å²) in [4.78, 5) is 0. The van der Waals surface area contributed by atoms with E-state index in [0.717, 1.165) is 6.42 Å². The Morgan fingerprint density at radius 2 is 0.864 bits per heavy atom. The molecule has 0 aromatic carbocycles. The van der Waals surface area contributed by atoms with E-state index in [-0.39, 0.29) is 0 Å². The van der Waals surface area contributed by atoms with Crippen molar-refractivity contribution in [2.45, 2.75) is 97.8 Å². The smallest absolute Gasteiger partial charge is 0.0594 e. The topological polar surface area (TPSA) is 20.2 Å². The summed E-state index contributed by atoms with van der Waals surface area (Å²) in [5.41, 5.74) is 0. The Morgan fingerprint density at radius 1 is 0.500 bits per heavy atom. The molecule has 0 saturated heterocycles. The summed E-state index contributed by atoms with van der Waals surface area (Å²) in [6.45, 7) is 7.37. The van der Waals surface area contributed by atoms with E-state index in [4.69, 9.17) is 5.11 Å². The molecule has 0 aliphatic rings. The fourth-order valence-corrected chi connectivity index (χ4v) is 8.42. The van der Waals surface area contributed by atoms with Crippen molar-refractivity contribution >= 4 is 7.26 Å². The summed E-state index contributed by atoms with van der Waals surface area (Å²) in [6, 6.07) is 0. The lowest BCUT2D eigenvalue weighted by atomic mass is 10.3. The van der Waals surface area contributed by atoms with Crippen LogP contribution in [0.4, 0.5) is 0 Å². The van der Waals surface area contributed by atoms with Gasteiger partial charge in [-0.15, -0.1) is 0 Å². The van der Waals surface area contributed by atoms with Gasteiger partial charge in [-0.25, -0.2) is 0 Å². The SMILES string of the molecule is CCCCC[P+](CCCCC)(CCCCC)CCCCCO. The predicted octanol–water partition coefficient (Wildman–Crippen LogP) is 6.74. The van der Waals surface area contributed by atoms with Crippen molar-refractivity contribution < 1.29 is 5.11 Å². The molecule has 0 amide bonds. The fraction of sp³-hybridized carbons (Fsp3) is 1.00. The van der Waals surface area contributed by atoms with Gasteiger partial charge in [-0.05, 0) is 38.5 Å². The van der Waals surface area contributed by atoms with Gasteiger partial charge in [0.15, 0.2) is 0 Å². The molecule has 22 heavy (non-hydrogen) atoms. The van der Waals surface area contributed by atoms with Crippen molar-refractivity contribution in [3.05, 3.63) is 0 Å². The molecule has 1 N–H and O–H groups in total. The van der Waals surface area contributed by atoms with E-state index in [0.29, 0.717) is 6.61 Å². The van der Waals surface area contributed by atoms with Crippen LogP contribution >= 0.6 is 7.26 Å². The van der Waals surface area contributed by atoms with Gasteiger partial charge in [0.2, 0.25) is 0 Å². The molecular weight excluding hydrogens is 287 g/mol. The van der Waals surface area contributed by atoms with Crippen LogP contribution in [0.15, 0.2) is 0 Å². The molecule has 0 fully saturated rings. The Bertz CT molecular complexity index is 191. The molecule has 0 aromatic rings. The highest BCUT2D eigenvalue weighted by molar-refractivity contribution is 7.75. The first kappa shape index (κ1) is 22.4. The van der Waals surface area contributed by atoms with E-state index in [1.807, 2.05) is 0 Å². The second-order valence-electron chi connectivity index (χ2n) is 7.14. The van der Waals surface area contributed by atoms with Crippen LogP contribution in [-0.2, 0) is 0 Å². The minimum Gasteiger partial charge on any atom is -0.396 e. The summed E-state index contributed by atoms with van der Waals surface area (Å²) in [5, 5.41) is 9.02. The Labute approximate surface area is 142 Å². The molecular formula is C20H44OP+. The van der Waals surface area contributed by atoms with Crippen molar-refractivity contribution in [2.24, 2.45) is 0 Å². The van der Waals surface area contributed by atoms with Crippen molar-refractivity contribution in [2.75, 3.05) is 31.3 Å². The summed E-state index contributed by atoms with van der Waals surface area (Å²) in [5.74, 6) is 0. The highest BCUT2D eigenvalue weighted by atomic mass is 31.2. The van der Waals surface area contributed by atoms with Crippen LogP contribution in [0.1, 0.15) is 97.8 Å². The molecule has 0 aromatic heterocycles. The molecule has 0 bridgehead atoms. The van der Waals surface area contributed by atoms with Gasteiger partial charge >= 0.3 is 0 Å². The molecule has 0 aliphatic carbocycles. The third-order valence-electron chi connectivity index (χ3n) is 5.00. The Kier molecular flexibility index (Phi) is 16.5. The van der Waals surface area contributed by atoms with E-state index in [1.54, 1.807) is 18.5 Å². The lowest BCUT2D eigenvalue weighted by Crippen LogP contribution is -2.13. The second kappa shape index (κ2) is 16.3. The maximum atomic E-state index is 9.02. The minimum absolute atomic E-state index is 0.382. The molecule has 0 rings (SSSR count). The quantitative estimate of drug-likeness (QED) is 0.231. The highest BCUT2D eigenvalue weighted by Gasteiger charge is 2.34. The molecule has 1 nitrogen and oxygen atoms in total. The standard InChI is InChI=1S/C20H44OP/c1-4-7-12-17-22(18-13-8-5-2,19-14-9-6-3)20-15-10-11-16-21/h21H,4-20H2,1-3H3/q+1. The third kappa shape index (κ3) is 11.9. The summed E-state index contributed by atoms with van der Waals surface area (Å²) >= 11 is 0. The molecule has 2 heteroatoms. The molecule has 0 spiro atoms. The number of hydrogen-bond donors (Lipinski definition) is 1. The largest absolute Gasteiger partial charge is 0.396 e. The molecule has 0 atom stereocenters. The van der Waals surface area contributed by atoms with E-state index in [1.165, 1.54) is 76.8 Å². The van der Waals surface area contributed by atoms with Crippen LogP contribution in [0.5, 0.6) is 0 Å². The van der Waals surface area contributed by atoms with Gasteiger partial charge in [0.05, 0.1) is 24.6 Å². The monoisotopic (exact) mass is 331 g/mol. The van der Waals surface area contributed by atoms with E-state index in [9.17, 15) is 0 Å². The first-order valence-electron chi connectivity index (χ1n) is 10.2.